The molecule has 3 aromatic carbocycles. The lowest BCUT2D eigenvalue weighted by atomic mass is 10.2. The van der Waals surface area contributed by atoms with E-state index < -0.39 is 10.8 Å². The van der Waals surface area contributed by atoms with Crippen LogP contribution in [0.1, 0.15) is 10.4 Å². The predicted octanol–water partition coefficient (Wildman–Crippen LogP) is 4.36. The van der Waals surface area contributed by atoms with Gasteiger partial charge in [0.1, 0.15) is 6.33 Å². The Balaban J connectivity index is 1.63. The Kier molecular flexibility index (Phi) is 6.13. The van der Waals surface area contributed by atoms with Crippen LogP contribution >= 0.6 is 11.8 Å². The van der Waals surface area contributed by atoms with Gasteiger partial charge in [0.15, 0.2) is 5.16 Å². The quantitative estimate of drug-likeness (QED) is 0.332. The van der Waals surface area contributed by atoms with E-state index in [1.807, 2.05) is 60.7 Å². The number of rotatable bonds is 7. The third kappa shape index (κ3) is 4.60. The molecule has 0 aliphatic heterocycles. The molecule has 4 aromatic rings. The predicted molar refractivity (Wildman–Crippen MR) is 121 cm³/mol. The molecule has 0 saturated carbocycles. The summed E-state index contributed by atoms with van der Waals surface area (Å²) < 4.78 is 1.66. The van der Waals surface area contributed by atoms with Gasteiger partial charge in [-0.25, -0.2) is 0 Å². The maximum atomic E-state index is 13.1. The molecular formula is C22H18N6O3S. The molecule has 160 valence electrons. The van der Waals surface area contributed by atoms with Gasteiger partial charge in [-0.3, -0.25) is 25.3 Å². The van der Waals surface area contributed by atoms with Gasteiger partial charge in [0.05, 0.1) is 21.2 Å². The Bertz CT molecular complexity index is 1210. The Morgan fingerprint density at radius 1 is 1.03 bits per heavy atom. The van der Waals surface area contributed by atoms with Crippen molar-refractivity contribution < 1.29 is 9.72 Å². The molecular weight excluding hydrogens is 428 g/mol. The number of carbonyl (C=O) groups is 1. The van der Waals surface area contributed by atoms with Crippen molar-refractivity contribution in [3.63, 3.8) is 0 Å². The van der Waals surface area contributed by atoms with Gasteiger partial charge < -0.3 is 4.57 Å². The number of hydrogen-bond donors (Lipinski definition) is 1. The van der Waals surface area contributed by atoms with Crippen molar-refractivity contribution in [1.82, 2.24) is 20.2 Å². The molecule has 1 amide bonds. The number of nitrogens with one attached hydrogen (secondary N) is 1. The van der Waals surface area contributed by atoms with Crippen LogP contribution in [-0.2, 0) is 7.05 Å². The third-order valence-electron chi connectivity index (χ3n) is 4.53. The zero-order valence-electron chi connectivity index (χ0n) is 17.0. The number of amides is 1. The highest BCUT2D eigenvalue weighted by Crippen LogP contribution is 2.34. The fourth-order valence-corrected chi connectivity index (χ4v) is 3.80. The van der Waals surface area contributed by atoms with E-state index in [2.05, 4.69) is 15.6 Å². The van der Waals surface area contributed by atoms with Crippen molar-refractivity contribution in [3.8, 4) is 0 Å². The number of nitrogens with zero attached hydrogens (tertiary/aromatic N) is 5. The normalized spacial score (nSPS) is 10.5. The van der Waals surface area contributed by atoms with E-state index in [1.54, 1.807) is 28.8 Å². The Labute approximate surface area is 187 Å². The van der Waals surface area contributed by atoms with Crippen molar-refractivity contribution in [3.05, 3.63) is 101 Å². The van der Waals surface area contributed by atoms with E-state index in [0.29, 0.717) is 10.1 Å². The number of aromatic nitrogens is 3. The number of aryl methyl sites for hydroxylation is 1. The number of nitro benzene ring substituents is 1. The summed E-state index contributed by atoms with van der Waals surface area (Å²) in [4.78, 5) is 24.6. The van der Waals surface area contributed by atoms with Crippen LogP contribution in [-0.4, -0.2) is 25.6 Å². The van der Waals surface area contributed by atoms with Crippen LogP contribution < -0.4 is 10.4 Å². The van der Waals surface area contributed by atoms with Gasteiger partial charge in [-0.2, -0.15) is 0 Å². The largest absolute Gasteiger partial charge is 0.311 e. The number of nitro groups is 1. The Morgan fingerprint density at radius 2 is 1.66 bits per heavy atom. The Hall–Kier alpha value is -4.18. The van der Waals surface area contributed by atoms with E-state index in [4.69, 9.17) is 0 Å². The first-order valence-electron chi connectivity index (χ1n) is 9.54. The fraction of sp³-hybridized carbons (Fsp3) is 0.0455. The van der Waals surface area contributed by atoms with E-state index in [-0.39, 0.29) is 11.3 Å². The summed E-state index contributed by atoms with van der Waals surface area (Å²) in [5.41, 5.74) is 4.32. The molecule has 0 saturated heterocycles. The number of anilines is 2. The second-order valence-electron chi connectivity index (χ2n) is 6.71. The minimum absolute atomic E-state index is 0.163. The highest BCUT2D eigenvalue weighted by Gasteiger charge is 2.21. The summed E-state index contributed by atoms with van der Waals surface area (Å²) in [5.74, 6) is -0.476. The van der Waals surface area contributed by atoms with Crippen molar-refractivity contribution in [1.29, 1.82) is 0 Å². The van der Waals surface area contributed by atoms with Gasteiger partial charge in [0, 0.05) is 18.7 Å². The summed E-state index contributed by atoms with van der Waals surface area (Å²) in [6.45, 7) is 0. The molecule has 0 aliphatic rings. The molecule has 0 fully saturated rings. The molecule has 0 spiro atoms. The lowest BCUT2D eigenvalue weighted by Gasteiger charge is -2.25. The van der Waals surface area contributed by atoms with Crippen LogP contribution in [0.4, 0.5) is 17.1 Å². The topological polar surface area (TPSA) is 106 Å². The molecule has 4 rings (SSSR count). The van der Waals surface area contributed by atoms with Crippen molar-refractivity contribution in [2.45, 2.75) is 10.1 Å². The number of hydrazine groups is 1. The van der Waals surface area contributed by atoms with Crippen LogP contribution in [0.25, 0.3) is 0 Å². The second kappa shape index (κ2) is 9.31. The first-order chi connectivity index (χ1) is 15.5. The molecule has 0 radical (unpaired) electrons. The lowest BCUT2D eigenvalue weighted by molar-refractivity contribution is -0.387. The van der Waals surface area contributed by atoms with E-state index in [9.17, 15) is 14.9 Å². The maximum Gasteiger partial charge on any atom is 0.284 e. The van der Waals surface area contributed by atoms with E-state index >= 15 is 0 Å². The number of benzene rings is 3. The van der Waals surface area contributed by atoms with E-state index in [0.717, 1.165) is 23.1 Å². The molecule has 1 heterocycles. The van der Waals surface area contributed by atoms with Gasteiger partial charge >= 0.3 is 0 Å². The highest BCUT2D eigenvalue weighted by atomic mass is 32.2. The molecule has 1 aromatic heterocycles. The van der Waals surface area contributed by atoms with Crippen LogP contribution in [0.3, 0.4) is 0 Å². The van der Waals surface area contributed by atoms with Gasteiger partial charge in [0.25, 0.3) is 11.6 Å². The minimum atomic E-state index is -0.512. The summed E-state index contributed by atoms with van der Waals surface area (Å²) in [6.07, 6.45) is 1.51. The van der Waals surface area contributed by atoms with E-state index in [1.165, 1.54) is 12.4 Å². The highest BCUT2D eigenvalue weighted by molar-refractivity contribution is 7.99. The van der Waals surface area contributed by atoms with Crippen LogP contribution in [0.2, 0.25) is 0 Å². The third-order valence-corrected chi connectivity index (χ3v) is 5.65. The second-order valence-corrected chi connectivity index (χ2v) is 7.72. The van der Waals surface area contributed by atoms with Crippen molar-refractivity contribution in [2.75, 3.05) is 5.01 Å². The first-order valence-corrected chi connectivity index (χ1v) is 10.4. The molecule has 0 unspecified atom stereocenters. The minimum Gasteiger partial charge on any atom is -0.311 e. The van der Waals surface area contributed by atoms with Crippen LogP contribution in [0.5, 0.6) is 0 Å². The summed E-state index contributed by atoms with van der Waals surface area (Å²) in [7, 11) is 1.75. The first kappa shape index (κ1) is 21.1. The SMILES string of the molecule is Cn1cnnc1Sc1ccc(C(=O)NN(c2ccccc2)c2ccccc2)cc1[N+](=O)[O-]. The molecule has 0 atom stereocenters. The molecule has 0 aliphatic carbocycles. The Morgan fingerprint density at radius 3 is 2.19 bits per heavy atom. The summed E-state index contributed by atoms with van der Waals surface area (Å²) in [5, 5.41) is 21.5. The van der Waals surface area contributed by atoms with Crippen LogP contribution in [0, 0.1) is 10.1 Å². The van der Waals surface area contributed by atoms with Crippen molar-refractivity contribution >= 4 is 34.7 Å². The molecule has 9 nitrogen and oxygen atoms in total. The lowest BCUT2D eigenvalue weighted by Crippen LogP contribution is -2.38. The molecule has 10 heteroatoms. The maximum absolute atomic E-state index is 13.1. The zero-order chi connectivity index (χ0) is 22.5. The standard InChI is InChI=1S/C22H18N6O3S/c1-26-15-23-24-22(26)32-20-13-12-16(14-19(20)28(30)31)21(29)25-27(17-8-4-2-5-9-17)18-10-6-3-7-11-18/h2-15H,1H3,(H,25,29). The number of carbonyl (C=O) groups excluding carboxylic acids is 1. The number of para-hydroxylation sites is 2. The van der Waals surface area contributed by atoms with Crippen molar-refractivity contribution in [2.24, 2.45) is 7.05 Å². The fourth-order valence-electron chi connectivity index (χ4n) is 2.95. The average molecular weight is 446 g/mol. The molecule has 32 heavy (non-hydrogen) atoms. The number of hydrogen-bond acceptors (Lipinski definition) is 7. The van der Waals surface area contributed by atoms with Gasteiger partial charge in [-0.1, -0.05) is 36.4 Å². The van der Waals surface area contributed by atoms with Gasteiger partial charge in [0.2, 0.25) is 0 Å². The zero-order valence-corrected chi connectivity index (χ0v) is 17.8. The summed E-state index contributed by atoms with van der Waals surface area (Å²) >= 11 is 1.11. The van der Waals surface area contributed by atoms with Gasteiger partial charge in [-0.05, 0) is 48.2 Å². The summed E-state index contributed by atoms with van der Waals surface area (Å²) in [6, 6.07) is 23.0. The monoisotopic (exact) mass is 446 g/mol. The average Bonchev–Trinajstić information content (AvgIpc) is 3.22. The molecule has 0 bridgehead atoms. The van der Waals surface area contributed by atoms with Gasteiger partial charge in [-0.15, -0.1) is 10.2 Å². The molecule has 1 N–H and O–H groups in total. The smallest absolute Gasteiger partial charge is 0.284 e. The van der Waals surface area contributed by atoms with Crippen LogP contribution in [0.15, 0.2) is 95.2 Å².